The zero-order valence-electron chi connectivity index (χ0n) is 13.0. The summed E-state index contributed by atoms with van der Waals surface area (Å²) >= 11 is 0. The predicted molar refractivity (Wildman–Crippen MR) is 81.6 cm³/mol. The number of anilines is 1. The van der Waals surface area contributed by atoms with Gasteiger partial charge in [0.2, 0.25) is 11.8 Å². The maximum Gasteiger partial charge on any atom is 0.228 e. The first-order valence-electron chi connectivity index (χ1n) is 8.00. The van der Waals surface area contributed by atoms with E-state index < -0.39 is 17.6 Å². The van der Waals surface area contributed by atoms with Crippen LogP contribution in [0.2, 0.25) is 0 Å². The Labute approximate surface area is 133 Å². The molecule has 0 spiro atoms. The lowest BCUT2D eigenvalue weighted by Gasteiger charge is -2.31. The van der Waals surface area contributed by atoms with Crippen LogP contribution >= 0.6 is 0 Å². The third-order valence-electron chi connectivity index (χ3n) is 4.60. The van der Waals surface area contributed by atoms with Gasteiger partial charge in [-0.15, -0.1) is 0 Å². The number of carbonyl (C=O) groups is 2. The summed E-state index contributed by atoms with van der Waals surface area (Å²) in [6.45, 7) is 3.62. The number of nitrogens with one attached hydrogen (secondary N) is 1. The van der Waals surface area contributed by atoms with Crippen molar-refractivity contribution in [2.45, 2.75) is 26.2 Å². The van der Waals surface area contributed by atoms with Crippen LogP contribution in [-0.4, -0.2) is 29.8 Å². The molecule has 0 radical (unpaired) electrons. The van der Waals surface area contributed by atoms with Gasteiger partial charge < -0.3 is 10.2 Å². The van der Waals surface area contributed by atoms with Gasteiger partial charge in [-0.05, 0) is 37.3 Å². The van der Waals surface area contributed by atoms with Gasteiger partial charge in [-0.1, -0.05) is 6.92 Å². The molecule has 1 aliphatic heterocycles. The fourth-order valence-electron chi connectivity index (χ4n) is 3.20. The molecular weight excluding hydrogens is 302 g/mol. The number of rotatable bonds is 3. The molecule has 1 aliphatic carbocycles. The van der Waals surface area contributed by atoms with Crippen molar-refractivity contribution < 1.29 is 18.4 Å². The Balaban J connectivity index is 1.57. The Kier molecular flexibility index (Phi) is 4.33. The molecule has 6 heteroatoms. The molecule has 2 fully saturated rings. The van der Waals surface area contributed by atoms with Crippen molar-refractivity contribution in [2.75, 3.05) is 18.4 Å². The van der Waals surface area contributed by atoms with Gasteiger partial charge in [0.25, 0.3) is 0 Å². The third kappa shape index (κ3) is 3.51. The highest BCUT2D eigenvalue weighted by Gasteiger charge is 2.49. The van der Waals surface area contributed by atoms with E-state index in [1.54, 1.807) is 0 Å². The van der Waals surface area contributed by atoms with Crippen LogP contribution in [0.15, 0.2) is 18.2 Å². The lowest BCUT2D eigenvalue weighted by atomic mass is 10.00. The Morgan fingerprint density at radius 2 is 2.04 bits per heavy atom. The number of nitrogens with zero attached hydrogens (tertiary/aromatic N) is 1. The second kappa shape index (κ2) is 6.26. The second-order valence-corrected chi connectivity index (χ2v) is 6.59. The van der Waals surface area contributed by atoms with Crippen LogP contribution < -0.4 is 5.32 Å². The standard InChI is InChI=1S/C17H20F2N2O2/c1-10-3-2-6-21(9-10)17(23)13-8-12(13)16(22)20-15-5-4-11(18)7-14(15)19/h4-5,7,10,12-13H,2-3,6,8-9H2,1H3,(H,20,22). The first-order valence-corrected chi connectivity index (χ1v) is 8.00. The van der Waals surface area contributed by atoms with Crippen molar-refractivity contribution in [1.29, 1.82) is 0 Å². The van der Waals surface area contributed by atoms with Gasteiger partial charge in [0.1, 0.15) is 11.6 Å². The van der Waals surface area contributed by atoms with Gasteiger partial charge in [0, 0.05) is 19.2 Å². The number of likely N-dealkylation sites (tertiary alicyclic amines) is 1. The van der Waals surface area contributed by atoms with E-state index in [1.807, 2.05) is 4.90 Å². The summed E-state index contributed by atoms with van der Waals surface area (Å²) in [7, 11) is 0. The van der Waals surface area contributed by atoms with Gasteiger partial charge in [-0.2, -0.15) is 0 Å². The van der Waals surface area contributed by atoms with E-state index in [1.165, 1.54) is 6.07 Å². The molecule has 1 saturated carbocycles. The van der Waals surface area contributed by atoms with Crippen molar-refractivity contribution in [3.05, 3.63) is 29.8 Å². The SMILES string of the molecule is CC1CCCN(C(=O)C2CC2C(=O)Nc2ccc(F)cc2F)C1. The maximum atomic E-state index is 13.6. The maximum absolute atomic E-state index is 13.6. The summed E-state index contributed by atoms with van der Waals surface area (Å²) in [5.74, 6) is -2.08. The van der Waals surface area contributed by atoms with Crippen molar-refractivity contribution in [1.82, 2.24) is 4.90 Å². The molecule has 0 bridgehead atoms. The highest BCUT2D eigenvalue weighted by Crippen LogP contribution is 2.41. The van der Waals surface area contributed by atoms with Gasteiger partial charge in [-0.25, -0.2) is 8.78 Å². The van der Waals surface area contributed by atoms with Crippen LogP contribution in [0.3, 0.4) is 0 Å². The Morgan fingerprint density at radius 1 is 1.26 bits per heavy atom. The smallest absolute Gasteiger partial charge is 0.228 e. The Morgan fingerprint density at radius 3 is 2.74 bits per heavy atom. The topological polar surface area (TPSA) is 49.4 Å². The molecule has 2 amide bonds. The number of amides is 2. The molecule has 1 aromatic rings. The summed E-state index contributed by atoms with van der Waals surface area (Å²) < 4.78 is 26.4. The average molecular weight is 322 g/mol. The van der Waals surface area contributed by atoms with Crippen molar-refractivity contribution in [3.63, 3.8) is 0 Å². The van der Waals surface area contributed by atoms with E-state index in [4.69, 9.17) is 0 Å². The Hall–Kier alpha value is -1.98. The van der Waals surface area contributed by atoms with Crippen LogP contribution in [-0.2, 0) is 9.59 Å². The summed E-state index contributed by atoms with van der Waals surface area (Å²) in [6, 6.07) is 3.00. The number of carbonyl (C=O) groups excluding carboxylic acids is 2. The highest BCUT2D eigenvalue weighted by molar-refractivity contribution is 5.99. The monoisotopic (exact) mass is 322 g/mol. The molecule has 3 unspecified atom stereocenters. The van der Waals surface area contributed by atoms with Crippen LogP contribution in [0.1, 0.15) is 26.2 Å². The normalized spacial score (nSPS) is 26.7. The molecule has 0 aromatic heterocycles. The zero-order chi connectivity index (χ0) is 16.6. The van der Waals surface area contributed by atoms with Crippen LogP contribution in [0.4, 0.5) is 14.5 Å². The van der Waals surface area contributed by atoms with E-state index >= 15 is 0 Å². The van der Waals surface area contributed by atoms with E-state index in [-0.39, 0.29) is 23.4 Å². The largest absolute Gasteiger partial charge is 0.342 e. The van der Waals surface area contributed by atoms with Gasteiger partial charge in [0.15, 0.2) is 0 Å². The van der Waals surface area contributed by atoms with E-state index in [0.717, 1.165) is 38.1 Å². The minimum atomic E-state index is -0.813. The summed E-state index contributed by atoms with van der Waals surface area (Å²) in [5, 5.41) is 2.44. The molecule has 3 atom stereocenters. The molecule has 3 rings (SSSR count). The molecule has 1 saturated heterocycles. The quantitative estimate of drug-likeness (QED) is 0.930. The highest BCUT2D eigenvalue weighted by atomic mass is 19.1. The van der Waals surface area contributed by atoms with Crippen molar-refractivity contribution in [3.8, 4) is 0 Å². The minimum absolute atomic E-state index is 0.0243. The van der Waals surface area contributed by atoms with Crippen molar-refractivity contribution in [2.24, 2.45) is 17.8 Å². The third-order valence-corrected chi connectivity index (χ3v) is 4.60. The number of piperidine rings is 1. The molecule has 1 aromatic carbocycles. The number of benzene rings is 1. The first-order chi connectivity index (χ1) is 11.0. The average Bonchev–Trinajstić information content (AvgIpc) is 3.30. The molecule has 4 nitrogen and oxygen atoms in total. The molecular formula is C17H20F2N2O2. The number of hydrogen-bond acceptors (Lipinski definition) is 2. The molecule has 124 valence electrons. The summed E-state index contributed by atoms with van der Waals surface area (Å²) in [5.41, 5.74) is -0.0545. The summed E-state index contributed by atoms with van der Waals surface area (Å²) in [4.78, 5) is 26.4. The van der Waals surface area contributed by atoms with Crippen LogP contribution in [0.25, 0.3) is 0 Å². The van der Waals surface area contributed by atoms with Crippen LogP contribution in [0.5, 0.6) is 0 Å². The number of halogens is 2. The fraction of sp³-hybridized carbons (Fsp3) is 0.529. The Bertz CT molecular complexity index is 635. The van der Waals surface area contributed by atoms with Crippen molar-refractivity contribution >= 4 is 17.5 Å². The summed E-state index contributed by atoms with van der Waals surface area (Å²) in [6.07, 6.45) is 2.62. The van der Waals surface area contributed by atoms with E-state index in [0.29, 0.717) is 12.3 Å². The van der Waals surface area contributed by atoms with Crippen LogP contribution in [0, 0.1) is 29.4 Å². The first kappa shape index (κ1) is 15.9. The minimum Gasteiger partial charge on any atom is -0.342 e. The van der Waals surface area contributed by atoms with E-state index in [2.05, 4.69) is 12.2 Å². The molecule has 2 aliphatic rings. The molecule has 23 heavy (non-hydrogen) atoms. The number of hydrogen-bond donors (Lipinski definition) is 1. The molecule has 1 N–H and O–H groups in total. The van der Waals surface area contributed by atoms with Gasteiger partial charge >= 0.3 is 0 Å². The van der Waals surface area contributed by atoms with Gasteiger partial charge in [-0.3, -0.25) is 9.59 Å². The predicted octanol–water partition coefficient (Wildman–Crippen LogP) is 2.80. The zero-order valence-corrected chi connectivity index (χ0v) is 13.0. The van der Waals surface area contributed by atoms with Gasteiger partial charge in [0.05, 0.1) is 17.5 Å². The van der Waals surface area contributed by atoms with E-state index in [9.17, 15) is 18.4 Å². The lowest BCUT2D eigenvalue weighted by molar-refractivity contribution is -0.135. The molecule has 1 heterocycles. The fourth-order valence-corrected chi connectivity index (χ4v) is 3.20. The second-order valence-electron chi connectivity index (χ2n) is 6.59. The lowest BCUT2D eigenvalue weighted by Crippen LogP contribution is -2.40.